The van der Waals surface area contributed by atoms with Crippen LogP contribution in [0, 0.1) is 6.92 Å². The van der Waals surface area contributed by atoms with Crippen LogP contribution in [-0.4, -0.2) is 38.2 Å². The lowest BCUT2D eigenvalue weighted by atomic mass is 10.0. The first-order valence-electron chi connectivity index (χ1n) is 8.47. The predicted molar refractivity (Wildman–Crippen MR) is 93.0 cm³/mol. The maximum Gasteiger partial charge on any atom is 0.178 e. The highest BCUT2D eigenvalue weighted by Crippen LogP contribution is 2.31. The first-order valence-corrected chi connectivity index (χ1v) is 8.47. The summed E-state index contributed by atoms with van der Waals surface area (Å²) >= 11 is 0. The monoisotopic (exact) mass is 319 g/mol. The highest BCUT2D eigenvalue weighted by atomic mass is 15.6. The van der Waals surface area contributed by atoms with Crippen LogP contribution in [0.3, 0.4) is 0 Å². The van der Waals surface area contributed by atoms with Crippen LogP contribution in [0.1, 0.15) is 35.8 Å². The van der Waals surface area contributed by atoms with Gasteiger partial charge >= 0.3 is 0 Å². The molecule has 0 bridgehead atoms. The molecule has 1 fully saturated rings. The van der Waals surface area contributed by atoms with E-state index in [1.807, 2.05) is 10.7 Å². The Hall–Kier alpha value is -2.53. The molecule has 5 heteroatoms. The van der Waals surface area contributed by atoms with Crippen molar-refractivity contribution in [2.45, 2.75) is 25.8 Å². The number of aryl methyl sites for hydroxylation is 1. The molecular weight excluding hydrogens is 298 g/mol. The highest BCUT2D eigenvalue weighted by molar-refractivity contribution is 5.36. The molecule has 1 aliphatic heterocycles. The van der Waals surface area contributed by atoms with Gasteiger partial charge in [-0.05, 0) is 61.0 Å². The molecule has 1 aliphatic rings. The molecule has 24 heavy (non-hydrogen) atoms. The minimum atomic E-state index is 0.0880. The molecule has 0 spiro atoms. The molecule has 1 aromatic heterocycles. The summed E-state index contributed by atoms with van der Waals surface area (Å²) < 4.78 is 1.87. The van der Waals surface area contributed by atoms with Gasteiger partial charge in [0.2, 0.25) is 0 Å². The van der Waals surface area contributed by atoms with Gasteiger partial charge in [-0.2, -0.15) is 4.68 Å². The van der Waals surface area contributed by atoms with Gasteiger partial charge in [0.05, 0.1) is 11.7 Å². The topological polar surface area (TPSA) is 46.8 Å². The highest BCUT2D eigenvalue weighted by Gasteiger charge is 2.29. The number of benzene rings is 2. The second-order valence-electron chi connectivity index (χ2n) is 6.34. The lowest BCUT2D eigenvalue weighted by Crippen LogP contribution is -2.29. The zero-order chi connectivity index (χ0) is 16.4. The maximum atomic E-state index is 4.40. The Labute approximate surface area is 141 Å². The Bertz CT molecular complexity index is 788. The molecule has 2 heterocycles. The molecular formula is C19H21N5. The van der Waals surface area contributed by atoms with E-state index in [4.69, 9.17) is 0 Å². The lowest BCUT2D eigenvalue weighted by Gasteiger charge is -2.26. The van der Waals surface area contributed by atoms with Crippen LogP contribution in [0.25, 0.3) is 5.69 Å². The number of tetrazole rings is 1. The smallest absolute Gasteiger partial charge is 0.178 e. The van der Waals surface area contributed by atoms with Crippen molar-refractivity contribution in [3.63, 3.8) is 0 Å². The SMILES string of the molecule is Cc1ccc(-n2nnnc2[C@H](c2ccccc2)N2CCCC2)cc1. The van der Waals surface area contributed by atoms with E-state index in [1.54, 1.807) is 0 Å². The molecule has 0 N–H and O–H groups in total. The minimum absolute atomic E-state index is 0.0880. The van der Waals surface area contributed by atoms with E-state index < -0.39 is 0 Å². The zero-order valence-electron chi connectivity index (χ0n) is 13.8. The summed E-state index contributed by atoms with van der Waals surface area (Å²) in [4.78, 5) is 2.48. The van der Waals surface area contributed by atoms with Gasteiger partial charge < -0.3 is 0 Å². The van der Waals surface area contributed by atoms with Crippen LogP contribution in [0.2, 0.25) is 0 Å². The number of likely N-dealkylation sites (tertiary alicyclic amines) is 1. The van der Waals surface area contributed by atoms with Crippen molar-refractivity contribution in [3.05, 3.63) is 71.5 Å². The van der Waals surface area contributed by atoms with Crippen molar-refractivity contribution in [2.75, 3.05) is 13.1 Å². The summed E-state index contributed by atoms with van der Waals surface area (Å²) in [6, 6.07) is 19.0. The van der Waals surface area contributed by atoms with Gasteiger partial charge in [-0.25, -0.2) is 0 Å². The van der Waals surface area contributed by atoms with Crippen LogP contribution in [0.15, 0.2) is 54.6 Å². The van der Waals surface area contributed by atoms with Crippen molar-refractivity contribution >= 4 is 0 Å². The molecule has 5 nitrogen and oxygen atoms in total. The van der Waals surface area contributed by atoms with Crippen LogP contribution in [0.4, 0.5) is 0 Å². The number of hydrogen-bond donors (Lipinski definition) is 0. The number of aromatic nitrogens is 4. The molecule has 4 rings (SSSR count). The Morgan fingerprint density at radius 3 is 2.33 bits per heavy atom. The standard InChI is InChI=1S/C19H21N5/c1-15-9-11-17(12-10-15)24-19(20-21-22-24)18(23-13-5-6-14-23)16-7-3-2-4-8-16/h2-4,7-12,18H,5-6,13-14H2,1H3/t18-/m0/s1. The fraction of sp³-hybridized carbons (Fsp3) is 0.316. The summed E-state index contributed by atoms with van der Waals surface area (Å²) in [5.74, 6) is 0.881. The van der Waals surface area contributed by atoms with Crippen LogP contribution in [-0.2, 0) is 0 Å². The molecule has 122 valence electrons. The molecule has 0 saturated carbocycles. The van der Waals surface area contributed by atoms with Crippen molar-refractivity contribution in [2.24, 2.45) is 0 Å². The molecule has 0 radical (unpaired) electrons. The summed E-state index contributed by atoms with van der Waals surface area (Å²) in [6.07, 6.45) is 2.46. The van der Waals surface area contributed by atoms with Crippen molar-refractivity contribution in [1.82, 2.24) is 25.1 Å². The van der Waals surface area contributed by atoms with Crippen molar-refractivity contribution in [1.29, 1.82) is 0 Å². The Balaban J connectivity index is 1.79. The molecule has 2 aromatic carbocycles. The second kappa shape index (κ2) is 6.53. The van der Waals surface area contributed by atoms with E-state index >= 15 is 0 Å². The molecule has 0 aliphatic carbocycles. The van der Waals surface area contributed by atoms with E-state index in [0.717, 1.165) is 24.6 Å². The molecule has 3 aromatic rings. The molecule has 0 amide bonds. The van der Waals surface area contributed by atoms with Gasteiger partial charge in [-0.1, -0.05) is 48.0 Å². The van der Waals surface area contributed by atoms with E-state index in [9.17, 15) is 0 Å². The van der Waals surface area contributed by atoms with Gasteiger partial charge in [0.25, 0.3) is 0 Å². The van der Waals surface area contributed by atoms with Gasteiger partial charge in [-0.3, -0.25) is 4.90 Å². The van der Waals surface area contributed by atoms with Crippen molar-refractivity contribution < 1.29 is 0 Å². The molecule has 1 saturated heterocycles. The lowest BCUT2D eigenvalue weighted by molar-refractivity contribution is 0.268. The minimum Gasteiger partial charge on any atom is -0.290 e. The molecule has 1 atom stereocenters. The third-order valence-electron chi connectivity index (χ3n) is 4.64. The summed E-state index contributed by atoms with van der Waals surface area (Å²) in [6.45, 7) is 4.25. The normalized spacial score (nSPS) is 16.4. The number of hydrogen-bond acceptors (Lipinski definition) is 4. The number of nitrogens with zero attached hydrogens (tertiary/aromatic N) is 5. The Morgan fingerprint density at radius 1 is 0.917 bits per heavy atom. The average molecular weight is 319 g/mol. The van der Waals surface area contributed by atoms with Gasteiger partial charge in [0, 0.05) is 0 Å². The average Bonchev–Trinajstić information content (AvgIpc) is 3.30. The first-order chi connectivity index (χ1) is 11.8. The van der Waals surface area contributed by atoms with E-state index in [2.05, 4.69) is 75.9 Å². The van der Waals surface area contributed by atoms with Crippen molar-refractivity contribution in [3.8, 4) is 5.69 Å². The second-order valence-corrected chi connectivity index (χ2v) is 6.34. The fourth-order valence-electron chi connectivity index (χ4n) is 3.39. The summed E-state index contributed by atoms with van der Waals surface area (Å²) in [5.41, 5.74) is 3.47. The molecule has 0 unspecified atom stereocenters. The first kappa shape index (κ1) is 15.0. The summed E-state index contributed by atoms with van der Waals surface area (Å²) in [7, 11) is 0. The van der Waals surface area contributed by atoms with Gasteiger partial charge in [0.1, 0.15) is 0 Å². The van der Waals surface area contributed by atoms with Gasteiger partial charge in [0.15, 0.2) is 5.82 Å². The third-order valence-corrected chi connectivity index (χ3v) is 4.64. The number of rotatable bonds is 4. The van der Waals surface area contributed by atoms with Crippen LogP contribution in [0.5, 0.6) is 0 Å². The van der Waals surface area contributed by atoms with Crippen LogP contribution >= 0.6 is 0 Å². The Morgan fingerprint density at radius 2 is 1.62 bits per heavy atom. The van der Waals surface area contributed by atoms with Crippen LogP contribution < -0.4 is 0 Å². The fourth-order valence-corrected chi connectivity index (χ4v) is 3.39. The zero-order valence-corrected chi connectivity index (χ0v) is 13.8. The quantitative estimate of drug-likeness (QED) is 0.741. The maximum absolute atomic E-state index is 4.40. The van der Waals surface area contributed by atoms with E-state index in [-0.39, 0.29) is 6.04 Å². The predicted octanol–water partition coefficient (Wildman–Crippen LogP) is 3.16. The Kier molecular flexibility index (Phi) is 4.09. The van der Waals surface area contributed by atoms with E-state index in [1.165, 1.54) is 24.0 Å². The van der Waals surface area contributed by atoms with E-state index in [0.29, 0.717) is 0 Å². The van der Waals surface area contributed by atoms with Gasteiger partial charge in [-0.15, -0.1) is 5.10 Å². The largest absolute Gasteiger partial charge is 0.290 e. The third kappa shape index (κ3) is 2.83. The summed E-state index contributed by atoms with van der Waals surface area (Å²) in [5, 5.41) is 12.6.